The summed E-state index contributed by atoms with van der Waals surface area (Å²) in [7, 11) is 0. The van der Waals surface area contributed by atoms with E-state index in [0.29, 0.717) is 0 Å². The molecule has 1 nitrogen and oxygen atoms in total. The molecule has 0 aliphatic carbocycles. The Balaban J connectivity index is 3.09. The van der Waals surface area contributed by atoms with Crippen LogP contribution in [0.2, 0.25) is 0 Å². The number of hydrogen-bond acceptors (Lipinski definition) is 1. The summed E-state index contributed by atoms with van der Waals surface area (Å²) in [6.07, 6.45) is 18.5. The van der Waals surface area contributed by atoms with Crippen LogP contribution < -0.4 is 0 Å². The average Bonchev–Trinajstić information content (AvgIpc) is 2.26. The highest BCUT2D eigenvalue weighted by atomic mass is 16.2. The van der Waals surface area contributed by atoms with E-state index < -0.39 is 0 Å². The van der Waals surface area contributed by atoms with Gasteiger partial charge in [0.25, 0.3) is 0 Å². The lowest BCUT2D eigenvalue weighted by Gasteiger charge is -1.97. The van der Waals surface area contributed by atoms with E-state index >= 15 is 0 Å². The fraction of sp³-hybridized carbons (Fsp3) is 0.714. The first-order chi connectivity index (χ1) is 7.41. The fourth-order valence-corrected chi connectivity index (χ4v) is 1.47. The molecule has 0 saturated carbocycles. The molecule has 0 aromatic rings. The third-order valence-electron chi connectivity index (χ3n) is 2.40. The van der Waals surface area contributed by atoms with Crippen LogP contribution in [0.5, 0.6) is 0 Å². The molecule has 0 saturated heterocycles. The molecule has 0 bridgehead atoms. The monoisotopic (exact) mass is 210 g/mol. The second-order valence-electron chi connectivity index (χ2n) is 3.93. The molecule has 0 heterocycles. The smallest absolute Gasteiger partial charge is 0.0465 e. The van der Waals surface area contributed by atoms with Gasteiger partial charge in [-0.3, -0.25) is 0 Å². The molecule has 0 amide bonds. The molecular weight excluding hydrogens is 184 g/mol. The number of rotatable bonds is 10. The van der Waals surface area contributed by atoms with Gasteiger partial charge >= 0.3 is 0 Å². The van der Waals surface area contributed by atoms with E-state index in [1.165, 1.54) is 44.9 Å². The molecule has 15 heavy (non-hydrogen) atoms. The van der Waals surface area contributed by atoms with Crippen LogP contribution in [0.1, 0.15) is 58.3 Å². The Labute approximate surface area is 94.9 Å². The predicted molar refractivity (Wildman–Crippen MR) is 68.0 cm³/mol. The van der Waals surface area contributed by atoms with Gasteiger partial charge in [-0.2, -0.15) is 0 Å². The Bertz CT molecular complexity index is 159. The quantitative estimate of drug-likeness (QED) is 0.422. The largest absolute Gasteiger partial charge is 0.396 e. The lowest BCUT2D eigenvalue weighted by atomic mass is 10.1. The summed E-state index contributed by atoms with van der Waals surface area (Å²) in [6.45, 7) is 2.50. The molecule has 1 N–H and O–H groups in total. The summed E-state index contributed by atoms with van der Waals surface area (Å²) in [5.74, 6) is 0. The van der Waals surface area contributed by atoms with Crippen molar-refractivity contribution in [1.29, 1.82) is 0 Å². The first-order valence-electron chi connectivity index (χ1n) is 6.34. The van der Waals surface area contributed by atoms with Crippen LogP contribution in [-0.4, -0.2) is 11.7 Å². The normalized spacial score (nSPS) is 11.9. The van der Waals surface area contributed by atoms with Crippen molar-refractivity contribution < 1.29 is 5.11 Å². The van der Waals surface area contributed by atoms with E-state index in [-0.39, 0.29) is 6.61 Å². The van der Waals surface area contributed by atoms with Crippen LogP contribution in [0.25, 0.3) is 0 Å². The van der Waals surface area contributed by atoms with Crippen LogP contribution >= 0.6 is 0 Å². The molecule has 0 spiro atoms. The molecule has 0 atom stereocenters. The highest BCUT2D eigenvalue weighted by molar-refractivity contribution is 5.02. The number of hydrogen-bond donors (Lipinski definition) is 1. The number of aliphatic hydroxyl groups excluding tert-OH is 1. The van der Waals surface area contributed by atoms with Crippen molar-refractivity contribution >= 4 is 0 Å². The van der Waals surface area contributed by atoms with Crippen molar-refractivity contribution in [3.63, 3.8) is 0 Å². The molecule has 0 aromatic carbocycles. The van der Waals surface area contributed by atoms with Gasteiger partial charge in [0.1, 0.15) is 0 Å². The summed E-state index contributed by atoms with van der Waals surface area (Å²) < 4.78 is 0. The fourth-order valence-electron chi connectivity index (χ4n) is 1.47. The van der Waals surface area contributed by atoms with Gasteiger partial charge in [0.2, 0.25) is 0 Å². The van der Waals surface area contributed by atoms with Crippen molar-refractivity contribution in [3.05, 3.63) is 24.3 Å². The molecule has 0 aliphatic rings. The molecule has 0 unspecified atom stereocenters. The van der Waals surface area contributed by atoms with Crippen LogP contribution in [0, 0.1) is 0 Å². The standard InChI is InChI=1S/C14H26O/c1-2-3-4-5-6-7-8-9-10-11-12-13-14-15/h9-12,15H,2-8,13-14H2,1H3/b10-9+,12-11-. The Kier molecular flexibility index (Phi) is 12.9. The maximum absolute atomic E-state index is 8.53. The zero-order chi connectivity index (χ0) is 11.2. The predicted octanol–water partition coefficient (Wildman–Crippen LogP) is 4.23. The van der Waals surface area contributed by atoms with E-state index in [2.05, 4.69) is 19.1 Å². The Hall–Kier alpha value is -0.560. The van der Waals surface area contributed by atoms with Gasteiger partial charge in [-0.1, -0.05) is 63.3 Å². The maximum atomic E-state index is 8.53. The van der Waals surface area contributed by atoms with Gasteiger partial charge in [-0.25, -0.2) is 0 Å². The number of allylic oxidation sites excluding steroid dienone is 3. The summed E-state index contributed by atoms with van der Waals surface area (Å²) in [6, 6.07) is 0. The summed E-state index contributed by atoms with van der Waals surface area (Å²) in [5.41, 5.74) is 0. The number of aliphatic hydroxyl groups is 1. The van der Waals surface area contributed by atoms with Crippen LogP contribution in [0.3, 0.4) is 0 Å². The number of unbranched alkanes of at least 4 members (excludes halogenated alkanes) is 6. The third kappa shape index (κ3) is 13.4. The van der Waals surface area contributed by atoms with Gasteiger partial charge < -0.3 is 5.11 Å². The molecule has 0 rings (SSSR count). The molecule has 0 aliphatic heterocycles. The Morgan fingerprint density at radius 1 is 0.800 bits per heavy atom. The highest BCUT2D eigenvalue weighted by Crippen LogP contribution is 2.07. The molecule has 0 fully saturated rings. The Morgan fingerprint density at radius 3 is 2.07 bits per heavy atom. The molecule has 0 aromatic heterocycles. The first-order valence-corrected chi connectivity index (χ1v) is 6.34. The molecule has 88 valence electrons. The van der Waals surface area contributed by atoms with Gasteiger partial charge in [0, 0.05) is 6.61 Å². The SMILES string of the molecule is CCCCCCCC/C=C/C=C\CCO. The maximum Gasteiger partial charge on any atom is 0.0465 e. The lowest BCUT2D eigenvalue weighted by Crippen LogP contribution is -1.77. The average molecular weight is 210 g/mol. The summed E-state index contributed by atoms with van der Waals surface area (Å²) >= 11 is 0. The van der Waals surface area contributed by atoms with Crippen molar-refractivity contribution in [2.45, 2.75) is 58.3 Å². The van der Waals surface area contributed by atoms with E-state index in [1.54, 1.807) is 0 Å². The third-order valence-corrected chi connectivity index (χ3v) is 2.40. The minimum absolute atomic E-state index is 0.252. The van der Waals surface area contributed by atoms with Gasteiger partial charge in [-0.15, -0.1) is 0 Å². The minimum atomic E-state index is 0.252. The topological polar surface area (TPSA) is 20.2 Å². The van der Waals surface area contributed by atoms with Crippen molar-refractivity contribution in [2.75, 3.05) is 6.61 Å². The van der Waals surface area contributed by atoms with Crippen molar-refractivity contribution in [2.24, 2.45) is 0 Å². The second-order valence-corrected chi connectivity index (χ2v) is 3.93. The van der Waals surface area contributed by atoms with E-state index in [1.807, 2.05) is 12.2 Å². The van der Waals surface area contributed by atoms with Gasteiger partial charge in [-0.05, 0) is 19.3 Å². The minimum Gasteiger partial charge on any atom is -0.396 e. The second kappa shape index (κ2) is 13.4. The summed E-state index contributed by atoms with van der Waals surface area (Å²) in [5, 5.41) is 8.53. The van der Waals surface area contributed by atoms with Crippen LogP contribution in [0.15, 0.2) is 24.3 Å². The summed E-state index contributed by atoms with van der Waals surface area (Å²) in [4.78, 5) is 0. The first kappa shape index (κ1) is 14.4. The lowest BCUT2D eigenvalue weighted by molar-refractivity contribution is 0.302. The van der Waals surface area contributed by atoms with Crippen LogP contribution in [-0.2, 0) is 0 Å². The molecular formula is C14H26O. The van der Waals surface area contributed by atoms with Crippen molar-refractivity contribution in [3.8, 4) is 0 Å². The van der Waals surface area contributed by atoms with E-state index in [0.717, 1.165) is 6.42 Å². The van der Waals surface area contributed by atoms with Crippen LogP contribution in [0.4, 0.5) is 0 Å². The van der Waals surface area contributed by atoms with E-state index in [9.17, 15) is 0 Å². The Morgan fingerprint density at radius 2 is 1.40 bits per heavy atom. The van der Waals surface area contributed by atoms with Gasteiger partial charge in [0.05, 0.1) is 0 Å². The zero-order valence-electron chi connectivity index (χ0n) is 10.1. The van der Waals surface area contributed by atoms with Crippen molar-refractivity contribution in [1.82, 2.24) is 0 Å². The zero-order valence-corrected chi connectivity index (χ0v) is 10.1. The van der Waals surface area contributed by atoms with E-state index in [4.69, 9.17) is 5.11 Å². The molecule has 1 heteroatoms. The highest BCUT2D eigenvalue weighted by Gasteiger charge is 1.87. The molecule has 0 radical (unpaired) electrons. The van der Waals surface area contributed by atoms with Gasteiger partial charge in [0.15, 0.2) is 0 Å².